The normalized spacial score (nSPS) is 16.3. The molecule has 1 aliphatic rings. The number of benzene rings is 3. The Hall–Kier alpha value is -3.51. The minimum Gasteiger partial charge on any atom is -0.504 e. The molecule has 0 atom stereocenters. The maximum Gasteiger partial charge on any atom is 0.267 e. The molecule has 0 unspecified atom stereocenters. The van der Waals surface area contributed by atoms with Gasteiger partial charge in [-0.2, -0.15) is 0 Å². The van der Waals surface area contributed by atoms with Gasteiger partial charge in [0, 0.05) is 0 Å². The lowest BCUT2D eigenvalue weighted by molar-refractivity contribution is -0.122. The Morgan fingerprint density at radius 2 is 1.81 bits per heavy atom. The summed E-state index contributed by atoms with van der Waals surface area (Å²) in [5.74, 6) is 0.314. The smallest absolute Gasteiger partial charge is 0.267 e. The van der Waals surface area contributed by atoms with Crippen molar-refractivity contribution in [2.75, 3.05) is 7.11 Å². The number of carbonyl (C=O) groups excluding carboxylic acids is 1. The van der Waals surface area contributed by atoms with E-state index in [9.17, 15) is 9.90 Å². The SMILES string of the molecule is COc1cc(/C=C2/SC(=Nc3ccc(C)cc3)N(Cc3ccccc3)C2=O)ccc1O. The van der Waals surface area contributed by atoms with Crippen LogP contribution in [0.1, 0.15) is 16.7 Å². The minimum atomic E-state index is -0.105. The molecule has 0 spiro atoms. The van der Waals surface area contributed by atoms with Crippen LogP contribution in [0.2, 0.25) is 0 Å². The molecule has 0 radical (unpaired) electrons. The lowest BCUT2D eigenvalue weighted by Gasteiger charge is -2.15. The number of aromatic hydroxyl groups is 1. The molecule has 5 nitrogen and oxygen atoms in total. The first-order valence-electron chi connectivity index (χ1n) is 9.81. The van der Waals surface area contributed by atoms with Gasteiger partial charge in [-0.1, -0.05) is 54.1 Å². The third-order valence-corrected chi connectivity index (χ3v) is 5.84. The molecule has 0 bridgehead atoms. The van der Waals surface area contributed by atoms with Gasteiger partial charge in [-0.05, 0) is 60.2 Å². The molecule has 6 heteroatoms. The summed E-state index contributed by atoms with van der Waals surface area (Å²) in [5.41, 5.74) is 3.75. The van der Waals surface area contributed by atoms with E-state index < -0.39 is 0 Å². The number of amides is 1. The van der Waals surface area contributed by atoms with Crippen LogP contribution in [0.5, 0.6) is 11.5 Å². The molecule has 0 saturated carbocycles. The highest BCUT2D eigenvalue weighted by Crippen LogP contribution is 2.36. The van der Waals surface area contributed by atoms with Gasteiger partial charge in [0.25, 0.3) is 5.91 Å². The first-order valence-corrected chi connectivity index (χ1v) is 10.6. The molecule has 156 valence electrons. The van der Waals surface area contributed by atoms with Gasteiger partial charge in [0.2, 0.25) is 0 Å². The number of methoxy groups -OCH3 is 1. The van der Waals surface area contributed by atoms with Crippen LogP contribution in [0.25, 0.3) is 6.08 Å². The van der Waals surface area contributed by atoms with E-state index in [1.165, 1.54) is 18.9 Å². The van der Waals surface area contributed by atoms with Crippen LogP contribution in [0.4, 0.5) is 5.69 Å². The predicted molar refractivity (Wildman–Crippen MR) is 125 cm³/mol. The van der Waals surface area contributed by atoms with Crippen LogP contribution in [0.15, 0.2) is 82.7 Å². The van der Waals surface area contributed by atoms with Crippen molar-refractivity contribution in [1.29, 1.82) is 0 Å². The summed E-state index contributed by atoms with van der Waals surface area (Å²) in [6.07, 6.45) is 1.80. The van der Waals surface area contributed by atoms with Crippen LogP contribution < -0.4 is 4.74 Å². The summed E-state index contributed by atoms with van der Waals surface area (Å²) in [7, 11) is 1.50. The molecule has 31 heavy (non-hydrogen) atoms. The Balaban J connectivity index is 1.70. The number of phenolic OH excluding ortho intramolecular Hbond substituents is 1. The molecule has 3 aromatic carbocycles. The molecule has 4 rings (SSSR count). The van der Waals surface area contributed by atoms with Crippen molar-refractivity contribution >= 4 is 34.6 Å². The second-order valence-corrected chi connectivity index (χ2v) is 8.16. The number of carbonyl (C=O) groups is 1. The van der Waals surface area contributed by atoms with Gasteiger partial charge in [0.05, 0.1) is 24.2 Å². The second kappa shape index (κ2) is 9.10. The average Bonchev–Trinajstić information content (AvgIpc) is 3.06. The maximum absolute atomic E-state index is 13.3. The summed E-state index contributed by atoms with van der Waals surface area (Å²) in [6, 6.07) is 22.8. The summed E-state index contributed by atoms with van der Waals surface area (Å²) >= 11 is 1.34. The fourth-order valence-electron chi connectivity index (χ4n) is 3.16. The zero-order valence-corrected chi connectivity index (χ0v) is 18.1. The average molecular weight is 431 g/mol. The molecular weight excluding hydrogens is 408 g/mol. The summed E-state index contributed by atoms with van der Waals surface area (Å²) in [5, 5.41) is 10.5. The van der Waals surface area contributed by atoms with E-state index in [1.54, 1.807) is 29.2 Å². The number of aryl methyl sites for hydroxylation is 1. The molecule has 1 N–H and O–H groups in total. The van der Waals surface area contributed by atoms with E-state index in [-0.39, 0.29) is 11.7 Å². The molecule has 0 aliphatic carbocycles. The van der Waals surface area contributed by atoms with Crippen LogP contribution in [0, 0.1) is 6.92 Å². The van der Waals surface area contributed by atoms with E-state index in [0.29, 0.717) is 22.4 Å². The van der Waals surface area contributed by atoms with Crippen molar-refractivity contribution < 1.29 is 14.6 Å². The van der Waals surface area contributed by atoms with E-state index in [4.69, 9.17) is 9.73 Å². The predicted octanol–water partition coefficient (Wildman–Crippen LogP) is 5.51. The standard InChI is InChI=1S/C25H22N2O3S/c1-17-8-11-20(12-9-17)26-25-27(16-18-6-4-3-5-7-18)24(29)23(31-25)15-19-10-13-21(28)22(14-19)30-2/h3-15,28H,16H2,1-2H3/b23-15+,26-25?. The minimum absolute atomic E-state index is 0.0578. The van der Waals surface area contributed by atoms with Crippen LogP contribution in [0.3, 0.4) is 0 Å². The van der Waals surface area contributed by atoms with Crippen LogP contribution in [-0.2, 0) is 11.3 Å². The summed E-state index contributed by atoms with van der Waals surface area (Å²) in [6.45, 7) is 2.47. The molecular formula is C25H22N2O3S. The molecule has 1 fully saturated rings. The van der Waals surface area contributed by atoms with Gasteiger partial charge in [-0.3, -0.25) is 9.69 Å². The maximum atomic E-state index is 13.3. The third kappa shape index (κ3) is 4.81. The monoisotopic (exact) mass is 430 g/mol. The fraction of sp³-hybridized carbons (Fsp3) is 0.120. The van der Waals surface area contributed by atoms with Crippen molar-refractivity contribution in [3.8, 4) is 11.5 Å². The Morgan fingerprint density at radius 3 is 2.52 bits per heavy atom. The fourth-order valence-corrected chi connectivity index (χ4v) is 4.16. The molecule has 1 aliphatic heterocycles. The number of hydrogen-bond donors (Lipinski definition) is 1. The molecule has 0 aromatic heterocycles. The zero-order valence-electron chi connectivity index (χ0n) is 17.3. The Kier molecular flexibility index (Phi) is 6.09. The largest absolute Gasteiger partial charge is 0.504 e. The van der Waals surface area contributed by atoms with Crippen molar-refractivity contribution in [1.82, 2.24) is 4.90 Å². The Labute approximate surface area is 185 Å². The number of aliphatic imine (C=N–C) groups is 1. The zero-order chi connectivity index (χ0) is 21.8. The molecule has 1 saturated heterocycles. The number of phenols is 1. The lowest BCUT2D eigenvalue weighted by Crippen LogP contribution is -2.28. The highest BCUT2D eigenvalue weighted by molar-refractivity contribution is 8.18. The van der Waals surface area contributed by atoms with E-state index in [1.807, 2.05) is 61.5 Å². The number of thioether (sulfide) groups is 1. The molecule has 3 aromatic rings. The number of amidine groups is 1. The van der Waals surface area contributed by atoms with E-state index in [0.717, 1.165) is 22.4 Å². The number of rotatable bonds is 5. The van der Waals surface area contributed by atoms with Gasteiger partial charge < -0.3 is 9.84 Å². The topological polar surface area (TPSA) is 62.1 Å². The van der Waals surface area contributed by atoms with Crippen molar-refractivity contribution in [2.45, 2.75) is 13.5 Å². The van der Waals surface area contributed by atoms with Crippen molar-refractivity contribution in [3.63, 3.8) is 0 Å². The molecule has 1 heterocycles. The quantitative estimate of drug-likeness (QED) is 0.542. The van der Waals surface area contributed by atoms with Gasteiger partial charge in [0.1, 0.15) is 0 Å². The number of ether oxygens (including phenoxy) is 1. The first kappa shape index (κ1) is 20.8. The summed E-state index contributed by atoms with van der Waals surface area (Å²) in [4.78, 5) is 20.3. The van der Waals surface area contributed by atoms with Gasteiger partial charge in [0.15, 0.2) is 16.7 Å². The van der Waals surface area contributed by atoms with E-state index in [2.05, 4.69) is 0 Å². The van der Waals surface area contributed by atoms with Crippen LogP contribution in [-0.4, -0.2) is 28.2 Å². The van der Waals surface area contributed by atoms with E-state index >= 15 is 0 Å². The number of nitrogens with zero attached hydrogens (tertiary/aromatic N) is 2. The number of hydrogen-bond acceptors (Lipinski definition) is 5. The first-order chi connectivity index (χ1) is 15.0. The third-order valence-electron chi connectivity index (χ3n) is 4.83. The highest BCUT2D eigenvalue weighted by Gasteiger charge is 2.33. The second-order valence-electron chi connectivity index (χ2n) is 7.15. The Bertz CT molecular complexity index is 1160. The Morgan fingerprint density at radius 1 is 1.06 bits per heavy atom. The lowest BCUT2D eigenvalue weighted by atomic mass is 10.1. The van der Waals surface area contributed by atoms with Gasteiger partial charge in [-0.25, -0.2) is 4.99 Å². The summed E-state index contributed by atoms with van der Waals surface area (Å²) < 4.78 is 5.18. The van der Waals surface area contributed by atoms with Gasteiger partial charge >= 0.3 is 0 Å². The molecule has 1 amide bonds. The van der Waals surface area contributed by atoms with Crippen LogP contribution >= 0.6 is 11.8 Å². The van der Waals surface area contributed by atoms with Crippen molar-refractivity contribution in [3.05, 3.63) is 94.4 Å². The highest BCUT2D eigenvalue weighted by atomic mass is 32.2. The van der Waals surface area contributed by atoms with Crippen molar-refractivity contribution in [2.24, 2.45) is 4.99 Å². The van der Waals surface area contributed by atoms with Gasteiger partial charge in [-0.15, -0.1) is 0 Å².